The standard InChI is InChI=1S/C20H21F2N5O2S/c1-14-20(15(2)27(24-14)19-5-3-4-8-23-19)25-9-11-26(12-10-25)30(28,29)18-7-6-16(21)13-17(18)22/h3-8,13H,9-12H2,1-2H3. The summed E-state index contributed by atoms with van der Waals surface area (Å²) < 4.78 is 55.8. The molecule has 1 aromatic carbocycles. The van der Waals surface area contributed by atoms with Crippen molar-refractivity contribution in [1.82, 2.24) is 19.1 Å². The molecule has 0 aliphatic carbocycles. The maximum atomic E-state index is 14.0. The van der Waals surface area contributed by atoms with Crippen molar-refractivity contribution in [2.45, 2.75) is 18.7 Å². The minimum Gasteiger partial charge on any atom is -0.366 e. The Morgan fingerprint density at radius 2 is 1.73 bits per heavy atom. The second kappa shape index (κ2) is 7.77. The number of aromatic nitrogens is 3. The number of hydrogen-bond acceptors (Lipinski definition) is 5. The third-order valence-corrected chi connectivity index (χ3v) is 7.12. The molecule has 1 aliphatic rings. The molecular weight excluding hydrogens is 412 g/mol. The molecule has 0 atom stereocenters. The molecule has 0 spiro atoms. The summed E-state index contributed by atoms with van der Waals surface area (Å²) in [6.07, 6.45) is 1.70. The number of nitrogens with zero attached hydrogens (tertiary/aromatic N) is 5. The van der Waals surface area contributed by atoms with Crippen LogP contribution in [-0.4, -0.2) is 53.7 Å². The number of piperazine rings is 1. The van der Waals surface area contributed by atoms with Gasteiger partial charge in [0.05, 0.1) is 17.1 Å². The summed E-state index contributed by atoms with van der Waals surface area (Å²) in [6, 6.07) is 8.09. The van der Waals surface area contributed by atoms with E-state index < -0.39 is 26.6 Å². The summed E-state index contributed by atoms with van der Waals surface area (Å²) in [7, 11) is -4.04. The third-order valence-electron chi connectivity index (χ3n) is 5.19. The van der Waals surface area contributed by atoms with Crippen LogP contribution < -0.4 is 4.90 Å². The van der Waals surface area contributed by atoms with Gasteiger partial charge in [-0.15, -0.1) is 0 Å². The van der Waals surface area contributed by atoms with E-state index in [0.29, 0.717) is 25.0 Å². The molecule has 7 nitrogen and oxygen atoms in total. The number of sulfonamides is 1. The highest BCUT2D eigenvalue weighted by Crippen LogP contribution is 2.29. The summed E-state index contributed by atoms with van der Waals surface area (Å²) >= 11 is 0. The SMILES string of the molecule is Cc1nn(-c2ccccn2)c(C)c1N1CCN(S(=O)(=O)c2ccc(F)cc2F)CC1. The van der Waals surface area contributed by atoms with Gasteiger partial charge < -0.3 is 4.90 Å². The molecule has 1 fully saturated rings. The number of halogens is 2. The maximum absolute atomic E-state index is 14.0. The van der Waals surface area contributed by atoms with Gasteiger partial charge in [0, 0.05) is 38.4 Å². The van der Waals surface area contributed by atoms with Gasteiger partial charge in [-0.1, -0.05) is 6.07 Å². The summed E-state index contributed by atoms with van der Waals surface area (Å²) in [5, 5.41) is 4.59. The van der Waals surface area contributed by atoms with E-state index in [1.54, 1.807) is 10.9 Å². The predicted octanol–water partition coefficient (Wildman–Crippen LogP) is 2.67. The number of benzene rings is 1. The van der Waals surface area contributed by atoms with Gasteiger partial charge in [-0.2, -0.15) is 9.40 Å². The van der Waals surface area contributed by atoms with E-state index in [1.165, 1.54) is 4.31 Å². The minimum absolute atomic E-state index is 0.187. The fourth-order valence-electron chi connectivity index (χ4n) is 3.77. The quantitative estimate of drug-likeness (QED) is 0.633. The van der Waals surface area contributed by atoms with E-state index in [9.17, 15) is 17.2 Å². The van der Waals surface area contributed by atoms with Crippen LogP contribution in [0.5, 0.6) is 0 Å². The smallest absolute Gasteiger partial charge is 0.246 e. The highest BCUT2D eigenvalue weighted by Gasteiger charge is 2.32. The Hall–Kier alpha value is -2.85. The summed E-state index contributed by atoms with van der Waals surface area (Å²) in [5.41, 5.74) is 2.66. The van der Waals surface area contributed by atoms with Crippen LogP contribution in [0.3, 0.4) is 0 Å². The number of aryl methyl sites for hydroxylation is 1. The van der Waals surface area contributed by atoms with Crippen molar-refractivity contribution in [3.05, 3.63) is 65.6 Å². The fourth-order valence-corrected chi connectivity index (χ4v) is 5.24. The lowest BCUT2D eigenvalue weighted by Gasteiger charge is -2.35. The van der Waals surface area contributed by atoms with Crippen LogP contribution in [0.15, 0.2) is 47.5 Å². The second-order valence-electron chi connectivity index (χ2n) is 7.09. The molecule has 0 unspecified atom stereocenters. The van der Waals surface area contributed by atoms with Crippen LogP contribution in [0.2, 0.25) is 0 Å². The first-order valence-corrected chi connectivity index (χ1v) is 10.9. The molecule has 0 radical (unpaired) electrons. The van der Waals surface area contributed by atoms with Crippen molar-refractivity contribution in [1.29, 1.82) is 0 Å². The molecule has 0 bridgehead atoms. The molecule has 30 heavy (non-hydrogen) atoms. The van der Waals surface area contributed by atoms with Crippen molar-refractivity contribution in [3.8, 4) is 5.82 Å². The topological polar surface area (TPSA) is 71.3 Å². The van der Waals surface area contributed by atoms with Gasteiger partial charge in [-0.25, -0.2) is 26.9 Å². The largest absolute Gasteiger partial charge is 0.366 e. The van der Waals surface area contributed by atoms with Gasteiger partial charge in [-0.3, -0.25) is 0 Å². The Labute approximate surface area is 173 Å². The monoisotopic (exact) mass is 433 g/mol. The lowest BCUT2D eigenvalue weighted by Crippen LogP contribution is -2.49. The third kappa shape index (κ3) is 3.56. The number of anilines is 1. The van der Waals surface area contributed by atoms with Crippen molar-refractivity contribution in [2.24, 2.45) is 0 Å². The minimum atomic E-state index is -4.04. The summed E-state index contributed by atoms with van der Waals surface area (Å²) in [4.78, 5) is 5.90. The molecular formula is C20H21F2N5O2S. The Bertz CT molecular complexity index is 1170. The maximum Gasteiger partial charge on any atom is 0.246 e. The fraction of sp³-hybridized carbons (Fsp3) is 0.300. The molecule has 158 valence electrons. The molecule has 4 rings (SSSR count). The van der Waals surface area contributed by atoms with Gasteiger partial charge in [0.25, 0.3) is 0 Å². The number of pyridine rings is 1. The molecule has 2 aromatic heterocycles. The number of hydrogen-bond donors (Lipinski definition) is 0. The molecule has 0 saturated carbocycles. The molecule has 0 amide bonds. The number of rotatable bonds is 4. The van der Waals surface area contributed by atoms with Crippen molar-refractivity contribution in [2.75, 3.05) is 31.1 Å². The second-order valence-corrected chi connectivity index (χ2v) is 8.99. The first-order chi connectivity index (χ1) is 14.3. The first kappa shape index (κ1) is 20.4. The van der Waals surface area contributed by atoms with Crippen LogP contribution >= 0.6 is 0 Å². The van der Waals surface area contributed by atoms with E-state index in [2.05, 4.69) is 15.0 Å². The van der Waals surface area contributed by atoms with E-state index in [0.717, 1.165) is 29.2 Å². The van der Waals surface area contributed by atoms with Crippen LogP contribution in [0, 0.1) is 25.5 Å². The Balaban J connectivity index is 1.55. The molecule has 3 heterocycles. The average molecular weight is 433 g/mol. The Morgan fingerprint density at radius 3 is 2.37 bits per heavy atom. The lowest BCUT2D eigenvalue weighted by atomic mass is 10.2. The Kier molecular flexibility index (Phi) is 5.29. The van der Waals surface area contributed by atoms with Crippen molar-refractivity contribution in [3.63, 3.8) is 0 Å². The van der Waals surface area contributed by atoms with Crippen molar-refractivity contribution >= 4 is 15.7 Å². The van der Waals surface area contributed by atoms with E-state index in [-0.39, 0.29) is 13.1 Å². The van der Waals surface area contributed by atoms with Gasteiger partial charge in [0.2, 0.25) is 10.0 Å². The van der Waals surface area contributed by atoms with Gasteiger partial charge in [0.15, 0.2) is 5.82 Å². The normalized spacial score (nSPS) is 15.5. The van der Waals surface area contributed by atoms with E-state index in [1.807, 2.05) is 32.0 Å². The Morgan fingerprint density at radius 1 is 1.00 bits per heavy atom. The van der Waals surface area contributed by atoms with Crippen LogP contribution in [-0.2, 0) is 10.0 Å². The molecule has 0 N–H and O–H groups in total. The zero-order valence-corrected chi connectivity index (χ0v) is 17.4. The van der Waals surface area contributed by atoms with Crippen LogP contribution in [0.4, 0.5) is 14.5 Å². The van der Waals surface area contributed by atoms with Crippen molar-refractivity contribution < 1.29 is 17.2 Å². The predicted molar refractivity (Wildman–Crippen MR) is 108 cm³/mol. The van der Waals surface area contributed by atoms with Gasteiger partial charge in [-0.05, 0) is 38.1 Å². The van der Waals surface area contributed by atoms with E-state index >= 15 is 0 Å². The van der Waals surface area contributed by atoms with Crippen LogP contribution in [0.1, 0.15) is 11.4 Å². The molecule has 1 aliphatic heterocycles. The highest BCUT2D eigenvalue weighted by molar-refractivity contribution is 7.89. The van der Waals surface area contributed by atoms with Gasteiger partial charge >= 0.3 is 0 Å². The summed E-state index contributed by atoms with van der Waals surface area (Å²) in [6.45, 7) is 5.08. The molecule has 3 aromatic rings. The zero-order valence-electron chi connectivity index (χ0n) is 16.6. The van der Waals surface area contributed by atoms with Gasteiger partial charge in [0.1, 0.15) is 16.5 Å². The zero-order chi connectivity index (χ0) is 21.5. The first-order valence-electron chi connectivity index (χ1n) is 9.47. The lowest BCUT2D eigenvalue weighted by molar-refractivity contribution is 0.382. The van der Waals surface area contributed by atoms with E-state index in [4.69, 9.17) is 0 Å². The average Bonchev–Trinajstić information content (AvgIpc) is 3.02. The highest BCUT2D eigenvalue weighted by atomic mass is 32.2. The van der Waals surface area contributed by atoms with Crippen LogP contribution in [0.25, 0.3) is 5.82 Å². The molecule has 1 saturated heterocycles. The summed E-state index contributed by atoms with van der Waals surface area (Å²) in [5.74, 6) is -1.19. The molecule has 10 heteroatoms.